The van der Waals surface area contributed by atoms with Gasteiger partial charge in [0.25, 0.3) is 0 Å². The van der Waals surface area contributed by atoms with Gasteiger partial charge in [-0.15, -0.1) is 0 Å². The monoisotopic (exact) mass is 178 g/mol. The van der Waals surface area contributed by atoms with Crippen molar-refractivity contribution in [2.45, 2.75) is 17.9 Å². The SMILES string of the molecule is CC[CH]([Zn])C(=O)N(C)C. The van der Waals surface area contributed by atoms with E-state index in [1.165, 1.54) is 0 Å². The van der Waals surface area contributed by atoms with E-state index in [4.69, 9.17) is 0 Å². The minimum atomic E-state index is 0.275. The summed E-state index contributed by atoms with van der Waals surface area (Å²) in [4.78, 5) is 12.7. The third kappa shape index (κ3) is 2.95. The molecule has 0 saturated carbocycles. The van der Waals surface area contributed by atoms with Crippen LogP contribution >= 0.6 is 0 Å². The van der Waals surface area contributed by atoms with Gasteiger partial charge in [-0.2, -0.15) is 0 Å². The first-order chi connectivity index (χ1) is 4.09. The van der Waals surface area contributed by atoms with Gasteiger partial charge in [0.15, 0.2) is 0 Å². The van der Waals surface area contributed by atoms with E-state index in [1.807, 2.05) is 0 Å². The average Bonchev–Trinajstić information content (AvgIpc) is 1.84. The van der Waals surface area contributed by atoms with Crippen molar-refractivity contribution in [2.75, 3.05) is 14.1 Å². The Kier molecular flexibility index (Phi) is 4.04. The molecule has 1 atom stereocenters. The van der Waals surface area contributed by atoms with Crippen molar-refractivity contribution in [3.8, 4) is 0 Å². The molecule has 0 aromatic heterocycles. The molecule has 0 heterocycles. The molecule has 0 spiro atoms. The van der Waals surface area contributed by atoms with Gasteiger partial charge in [-0.1, -0.05) is 0 Å². The van der Waals surface area contributed by atoms with Crippen LogP contribution in [0.25, 0.3) is 0 Å². The first-order valence-corrected chi connectivity index (χ1v) is 4.85. The van der Waals surface area contributed by atoms with E-state index in [0.717, 1.165) is 24.7 Å². The van der Waals surface area contributed by atoms with E-state index in [1.54, 1.807) is 19.0 Å². The Balaban J connectivity index is 3.73. The molecular weight excluding hydrogens is 167 g/mol. The van der Waals surface area contributed by atoms with Crippen LogP contribution in [0.15, 0.2) is 0 Å². The first-order valence-electron chi connectivity index (χ1n) is 3.13. The van der Waals surface area contributed by atoms with Gasteiger partial charge in [0, 0.05) is 0 Å². The van der Waals surface area contributed by atoms with E-state index in [0.29, 0.717) is 4.51 Å². The van der Waals surface area contributed by atoms with Crippen LogP contribution < -0.4 is 0 Å². The molecule has 0 aliphatic heterocycles. The van der Waals surface area contributed by atoms with Gasteiger partial charge in [-0.25, -0.2) is 0 Å². The Morgan fingerprint density at radius 1 is 1.67 bits per heavy atom. The number of rotatable bonds is 2. The van der Waals surface area contributed by atoms with Crippen LogP contribution in [0.2, 0.25) is 4.51 Å². The maximum absolute atomic E-state index is 11.0. The number of carbonyl (C=O) groups is 1. The van der Waals surface area contributed by atoms with E-state index < -0.39 is 0 Å². The predicted molar refractivity (Wildman–Crippen MR) is 32.7 cm³/mol. The molecule has 0 aliphatic carbocycles. The van der Waals surface area contributed by atoms with Gasteiger partial charge >= 0.3 is 65.9 Å². The molecule has 9 heavy (non-hydrogen) atoms. The van der Waals surface area contributed by atoms with Crippen LogP contribution in [0.5, 0.6) is 0 Å². The number of hydrogen-bond donors (Lipinski definition) is 0. The zero-order valence-electron chi connectivity index (χ0n) is 6.35. The second kappa shape index (κ2) is 4.00. The Bertz CT molecular complexity index is 103. The quantitative estimate of drug-likeness (QED) is 0.575. The van der Waals surface area contributed by atoms with Crippen LogP contribution in [0.1, 0.15) is 13.3 Å². The summed E-state index contributed by atoms with van der Waals surface area (Å²) >= 11 is 1.08. The van der Waals surface area contributed by atoms with Gasteiger partial charge in [-0.05, 0) is 0 Å². The van der Waals surface area contributed by atoms with Gasteiger partial charge in [0.2, 0.25) is 0 Å². The summed E-state index contributed by atoms with van der Waals surface area (Å²) in [6.45, 7) is 2.05. The number of amides is 1. The summed E-state index contributed by atoms with van der Waals surface area (Å²) in [6.07, 6.45) is 0.983. The van der Waals surface area contributed by atoms with Crippen molar-refractivity contribution in [3.63, 3.8) is 0 Å². The summed E-state index contributed by atoms with van der Waals surface area (Å²) in [5, 5.41) is 0. The van der Waals surface area contributed by atoms with E-state index >= 15 is 0 Å². The molecule has 0 aliphatic rings. The average molecular weight is 180 g/mol. The molecule has 0 radical (unpaired) electrons. The van der Waals surface area contributed by atoms with Crippen LogP contribution in [0.4, 0.5) is 0 Å². The fourth-order valence-corrected chi connectivity index (χ4v) is 1.31. The summed E-state index contributed by atoms with van der Waals surface area (Å²) in [7, 11) is 3.61. The first kappa shape index (κ1) is 9.09. The molecule has 2 nitrogen and oxygen atoms in total. The van der Waals surface area contributed by atoms with E-state index in [2.05, 4.69) is 6.92 Å². The third-order valence-corrected chi connectivity index (χ3v) is 3.23. The van der Waals surface area contributed by atoms with Crippen LogP contribution in [-0.4, -0.2) is 24.9 Å². The maximum atomic E-state index is 11.0. The summed E-state index contributed by atoms with van der Waals surface area (Å²) in [6, 6.07) is 0. The van der Waals surface area contributed by atoms with Crippen molar-refractivity contribution in [1.82, 2.24) is 4.90 Å². The van der Waals surface area contributed by atoms with Crippen LogP contribution in [0, 0.1) is 0 Å². The minimum absolute atomic E-state index is 0.275. The van der Waals surface area contributed by atoms with Crippen molar-refractivity contribution < 1.29 is 23.1 Å². The predicted octanol–water partition coefficient (Wildman–Crippen LogP) is 0.820. The second-order valence-corrected chi connectivity index (χ2v) is 4.41. The van der Waals surface area contributed by atoms with Gasteiger partial charge < -0.3 is 0 Å². The second-order valence-electron chi connectivity index (χ2n) is 2.34. The number of hydrogen-bond acceptors (Lipinski definition) is 1. The van der Waals surface area contributed by atoms with Crippen molar-refractivity contribution in [3.05, 3.63) is 0 Å². The fourth-order valence-electron chi connectivity index (χ4n) is 0.540. The Labute approximate surface area is 66.3 Å². The van der Waals surface area contributed by atoms with Crippen LogP contribution in [-0.2, 0) is 23.1 Å². The van der Waals surface area contributed by atoms with Gasteiger partial charge in [0.1, 0.15) is 0 Å². The zero-order valence-corrected chi connectivity index (χ0v) is 9.31. The molecule has 1 unspecified atom stereocenters. The molecule has 49 valence electrons. The third-order valence-electron chi connectivity index (χ3n) is 1.28. The summed E-state index contributed by atoms with van der Waals surface area (Å²) in [5.74, 6) is 0.275. The van der Waals surface area contributed by atoms with Gasteiger partial charge in [0.05, 0.1) is 0 Å². The molecule has 0 aromatic carbocycles. The Morgan fingerprint density at radius 3 is 2.22 bits per heavy atom. The molecule has 0 N–H and O–H groups in total. The zero-order chi connectivity index (χ0) is 7.44. The topological polar surface area (TPSA) is 20.3 Å². The summed E-state index contributed by atoms with van der Waals surface area (Å²) in [5.41, 5.74) is 0. The van der Waals surface area contributed by atoms with Crippen molar-refractivity contribution in [1.29, 1.82) is 0 Å². The summed E-state index contributed by atoms with van der Waals surface area (Å²) < 4.78 is 0.306. The normalized spacial score (nSPS) is 13.0. The number of nitrogens with zero attached hydrogens (tertiary/aromatic N) is 1. The Hall–Kier alpha value is 0.0934. The van der Waals surface area contributed by atoms with E-state index in [-0.39, 0.29) is 5.91 Å². The molecule has 0 bridgehead atoms. The van der Waals surface area contributed by atoms with Crippen LogP contribution in [0.3, 0.4) is 0 Å². The molecular formula is C6H12NOZn. The standard InChI is InChI=1S/C6H12NO.Zn/c1-4-5-6(8)7(2)3;/h5H,4H2,1-3H3;. The molecule has 3 heteroatoms. The molecule has 1 amide bonds. The van der Waals surface area contributed by atoms with Crippen molar-refractivity contribution >= 4 is 5.91 Å². The molecule has 0 fully saturated rings. The van der Waals surface area contributed by atoms with Crippen molar-refractivity contribution in [2.24, 2.45) is 0 Å². The fraction of sp³-hybridized carbons (Fsp3) is 0.833. The van der Waals surface area contributed by atoms with Gasteiger partial charge in [-0.3, -0.25) is 0 Å². The van der Waals surface area contributed by atoms with E-state index in [9.17, 15) is 4.79 Å². The molecule has 0 aromatic rings. The number of carbonyl (C=O) groups excluding carboxylic acids is 1. The molecule has 0 saturated heterocycles. The molecule has 0 rings (SSSR count). The Morgan fingerprint density at radius 2 is 2.11 bits per heavy atom.